The maximum atomic E-state index is 13.0. The summed E-state index contributed by atoms with van der Waals surface area (Å²) in [6.45, 7) is 6.62. The lowest BCUT2D eigenvalue weighted by Gasteiger charge is -2.21. The molecule has 162 valence electrons. The molecule has 1 aliphatic rings. The summed E-state index contributed by atoms with van der Waals surface area (Å²) < 4.78 is 28.2. The van der Waals surface area contributed by atoms with Gasteiger partial charge in [-0.05, 0) is 44.9 Å². The summed E-state index contributed by atoms with van der Waals surface area (Å²) in [6, 6.07) is 4.44. The Morgan fingerprint density at radius 1 is 1.21 bits per heavy atom. The van der Waals surface area contributed by atoms with Crippen molar-refractivity contribution < 1.29 is 13.2 Å². The Morgan fingerprint density at radius 3 is 2.41 bits per heavy atom. The normalized spacial score (nSPS) is 15.6. The maximum Gasteiger partial charge on any atom is 0.243 e. The van der Waals surface area contributed by atoms with Gasteiger partial charge in [0.2, 0.25) is 15.9 Å². The van der Waals surface area contributed by atoms with Crippen molar-refractivity contribution in [2.24, 2.45) is 0 Å². The molecule has 1 saturated heterocycles. The first-order valence-corrected chi connectivity index (χ1v) is 13.0. The van der Waals surface area contributed by atoms with Crippen LogP contribution in [0.5, 0.6) is 0 Å². The van der Waals surface area contributed by atoms with Crippen LogP contribution in [0.4, 0.5) is 5.69 Å². The van der Waals surface area contributed by atoms with Gasteiger partial charge in [-0.25, -0.2) is 8.42 Å². The topological polar surface area (TPSA) is 69.7 Å². The summed E-state index contributed by atoms with van der Waals surface area (Å²) in [5.74, 6) is -0.148. The molecular formula is C19H28ClN3O3S3. The Hall–Kier alpha value is -0.870. The number of benzene rings is 1. The Balaban J connectivity index is 2.08. The number of halogens is 1. The van der Waals surface area contributed by atoms with Gasteiger partial charge in [-0.3, -0.25) is 4.79 Å². The van der Waals surface area contributed by atoms with Crippen molar-refractivity contribution in [3.05, 3.63) is 23.2 Å². The number of hydrogen-bond donors (Lipinski definition) is 1. The van der Waals surface area contributed by atoms with Gasteiger partial charge < -0.3 is 10.2 Å². The van der Waals surface area contributed by atoms with Gasteiger partial charge in [0.15, 0.2) is 0 Å². The maximum absolute atomic E-state index is 13.0. The summed E-state index contributed by atoms with van der Waals surface area (Å²) in [4.78, 5) is 14.5. The van der Waals surface area contributed by atoms with E-state index in [9.17, 15) is 13.2 Å². The smallest absolute Gasteiger partial charge is 0.243 e. The van der Waals surface area contributed by atoms with E-state index in [-0.39, 0.29) is 16.6 Å². The first-order chi connectivity index (χ1) is 13.8. The molecule has 6 nitrogen and oxygen atoms in total. The molecule has 1 aliphatic heterocycles. The fourth-order valence-electron chi connectivity index (χ4n) is 3.08. The molecule has 0 aromatic heterocycles. The highest BCUT2D eigenvalue weighted by atomic mass is 35.5. The molecule has 1 N–H and O–H groups in total. The molecule has 29 heavy (non-hydrogen) atoms. The van der Waals surface area contributed by atoms with E-state index < -0.39 is 10.0 Å². The molecule has 1 amide bonds. The van der Waals surface area contributed by atoms with Crippen molar-refractivity contribution in [3.63, 3.8) is 0 Å². The SMILES string of the molecule is CCN(CC)C(=S)SCC(=O)Nc1cc(S(=O)(=O)N2CCCCCC2)ccc1Cl. The number of sulfonamides is 1. The fraction of sp³-hybridized carbons (Fsp3) is 0.579. The summed E-state index contributed by atoms with van der Waals surface area (Å²) in [5.41, 5.74) is 0.293. The lowest BCUT2D eigenvalue weighted by molar-refractivity contribution is -0.113. The molecule has 1 aromatic carbocycles. The number of thioether (sulfide) groups is 1. The molecule has 0 radical (unpaired) electrons. The molecule has 0 unspecified atom stereocenters. The van der Waals surface area contributed by atoms with E-state index in [1.807, 2.05) is 18.7 Å². The highest BCUT2D eigenvalue weighted by Crippen LogP contribution is 2.28. The van der Waals surface area contributed by atoms with Gasteiger partial charge in [0, 0.05) is 26.2 Å². The first-order valence-electron chi connectivity index (χ1n) is 9.80. The van der Waals surface area contributed by atoms with Crippen LogP contribution in [0.2, 0.25) is 5.02 Å². The van der Waals surface area contributed by atoms with Crippen molar-refractivity contribution in [1.82, 2.24) is 9.21 Å². The minimum Gasteiger partial charge on any atom is -0.358 e. The van der Waals surface area contributed by atoms with Gasteiger partial charge in [-0.1, -0.05) is 48.4 Å². The number of hydrogen-bond acceptors (Lipinski definition) is 5. The highest BCUT2D eigenvalue weighted by Gasteiger charge is 2.26. The van der Waals surface area contributed by atoms with Crippen molar-refractivity contribution in [2.45, 2.75) is 44.4 Å². The largest absolute Gasteiger partial charge is 0.358 e. The van der Waals surface area contributed by atoms with E-state index in [1.165, 1.54) is 34.3 Å². The van der Waals surface area contributed by atoms with Gasteiger partial charge in [0.25, 0.3) is 0 Å². The Morgan fingerprint density at radius 2 is 1.83 bits per heavy atom. The first kappa shape index (κ1) is 24.4. The second-order valence-corrected chi connectivity index (χ2v) is 10.7. The van der Waals surface area contributed by atoms with Gasteiger partial charge in [-0.15, -0.1) is 0 Å². The average molecular weight is 478 g/mol. The van der Waals surface area contributed by atoms with E-state index in [1.54, 1.807) is 0 Å². The summed E-state index contributed by atoms with van der Waals surface area (Å²) in [6.07, 6.45) is 3.81. The summed E-state index contributed by atoms with van der Waals surface area (Å²) in [5, 5.41) is 3.01. The van der Waals surface area contributed by atoms with E-state index in [2.05, 4.69) is 5.32 Å². The molecule has 0 saturated carbocycles. The molecule has 0 atom stereocenters. The summed E-state index contributed by atoms with van der Waals surface area (Å²) in [7, 11) is -3.61. The van der Waals surface area contributed by atoms with Crippen LogP contribution in [0, 0.1) is 0 Å². The molecule has 1 heterocycles. The average Bonchev–Trinajstić information content (AvgIpc) is 2.99. The van der Waals surface area contributed by atoms with Crippen molar-refractivity contribution in [3.8, 4) is 0 Å². The van der Waals surface area contributed by atoms with E-state index in [0.29, 0.717) is 28.1 Å². The quantitative estimate of drug-likeness (QED) is 0.593. The zero-order valence-electron chi connectivity index (χ0n) is 16.8. The molecule has 10 heteroatoms. The monoisotopic (exact) mass is 477 g/mol. The second-order valence-electron chi connectivity index (χ2n) is 6.74. The highest BCUT2D eigenvalue weighted by molar-refractivity contribution is 8.23. The third kappa shape index (κ3) is 6.82. The van der Waals surface area contributed by atoms with E-state index in [4.69, 9.17) is 23.8 Å². The third-order valence-electron chi connectivity index (χ3n) is 4.76. The zero-order chi connectivity index (χ0) is 21.4. The molecule has 0 aliphatic carbocycles. The van der Waals surface area contributed by atoms with Crippen LogP contribution in [-0.2, 0) is 14.8 Å². The Bertz CT molecular complexity index is 821. The Kier molecular flexibility index (Phi) is 9.68. The minimum absolute atomic E-state index is 0.134. The lowest BCUT2D eigenvalue weighted by atomic mass is 10.2. The number of rotatable bonds is 7. The number of nitrogens with one attached hydrogen (secondary N) is 1. The van der Waals surface area contributed by atoms with Crippen molar-refractivity contribution in [1.29, 1.82) is 0 Å². The van der Waals surface area contributed by atoms with Gasteiger partial charge in [-0.2, -0.15) is 4.31 Å². The van der Waals surface area contributed by atoms with Gasteiger partial charge in [0.1, 0.15) is 4.32 Å². The second kappa shape index (κ2) is 11.5. The molecule has 0 bridgehead atoms. The van der Waals surface area contributed by atoms with E-state index in [0.717, 1.165) is 38.8 Å². The molecule has 0 spiro atoms. The molecule has 1 fully saturated rings. The predicted molar refractivity (Wildman–Crippen MR) is 125 cm³/mol. The third-order valence-corrected chi connectivity index (χ3v) is 8.51. The van der Waals surface area contributed by atoms with E-state index >= 15 is 0 Å². The predicted octanol–water partition coefficient (Wildman–Crippen LogP) is 4.20. The number of anilines is 1. The number of thiocarbonyl (C=S) groups is 1. The summed E-state index contributed by atoms with van der Waals surface area (Å²) >= 11 is 12.8. The van der Waals surface area contributed by atoms with Crippen LogP contribution in [0.25, 0.3) is 0 Å². The van der Waals surface area contributed by atoms with Gasteiger partial charge in [0.05, 0.1) is 21.4 Å². The Labute approximate surface area is 188 Å². The van der Waals surface area contributed by atoms with Crippen LogP contribution < -0.4 is 5.32 Å². The standard InChI is InChI=1S/C19H28ClN3O3S3/c1-3-22(4-2)19(27)28-14-18(24)21-17-13-15(9-10-16(17)20)29(25,26)23-11-7-5-6-8-12-23/h9-10,13H,3-8,11-12,14H2,1-2H3,(H,21,24). The molecule has 1 aromatic rings. The minimum atomic E-state index is -3.61. The fourth-order valence-corrected chi connectivity index (χ4v) is 5.99. The van der Waals surface area contributed by atoms with Crippen molar-refractivity contribution >= 4 is 61.5 Å². The number of amides is 1. The molecule has 2 rings (SSSR count). The van der Waals surface area contributed by atoms with Crippen LogP contribution in [-0.4, -0.2) is 59.8 Å². The van der Waals surface area contributed by atoms with Crippen LogP contribution in [0.3, 0.4) is 0 Å². The number of nitrogens with zero attached hydrogens (tertiary/aromatic N) is 2. The van der Waals surface area contributed by atoms with Crippen LogP contribution in [0.15, 0.2) is 23.1 Å². The zero-order valence-corrected chi connectivity index (χ0v) is 20.0. The van der Waals surface area contributed by atoms with Gasteiger partial charge >= 0.3 is 0 Å². The van der Waals surface area contributed by atoms with Crippen molar-refractivity contribution in [2.75, 3.05) is 37.2 Å². The molecular weight excluding hydrogens is 450 g/mol. The van der Waals surface area contributed by atoms with Crippen LogP contribution in [0.1, 0.15) is 39.5 Å². The number of carbonyl (C=O) groups excluding carboxylic acids is 1. The lowest BCUT2D eigenvalue weighted by Crippen LogP contribution is -2.32. The number of carbonyl (C=O) groups is 1. The van der Waals surface area contributed by atoms with Crippen LogP contribution >= 0.6 is 35.6 Å².